The van der Waals surface area contributed by atoms with E-state index >= 15 is 0 Å². The Hall–Kier alpha value is -2.18. The average Bonchev–Trinajstić information content (AvgIpc) is 2.97. The van der Waals surface area contributed by atoms with Gasteiger partial charge in [0.25, 0.3) is 5.91 Å². The maximum atomic E-state index is 11.6. The number of rotatable bonds is 5. The Morgan fingerprint density at radius 3 is 3.11 bits per heavy atom. The normalized spacial score (nSPS) is 15.2. The Balaban J connectivity index is 1.47. The van der Waals surface area contributed by atoms with E-state index in [0.29, 0.717) is 30.3 Å². The van der Waals surface area contributed by atoms with Crippen LogP contribution < -0.4 is 5.32 Å². The molecule has 19 heavy (non-hydrogen) atoms. The number of carbonyl (C=O) groups excluding carboxylic acids is 1. The van der Waals surface area contributed by atoms with Crippen molar-refractivity contribution in [1.82, 2.24) is 25.7 Å². The van der Waals surface area contributed by atoms with E-state index in [1.165, 1.54) is 12.6 Å². The Morgan fingerprint density at radius 2 is 2.42 bits per heavy atom. The van der Waals surface area contributed by atoms with Gasteiger partial charge >= 0.3 is 0 Å². The molecule has 1 saturated carbocycles. The molecular formula is C12H15N5O2. The number of hydrogen-bond acceptors (Lipinski definition) is 5. The second-order valence-corrected chi connectivity index (χ2v) is 4.67. The van der Waals surface area contributed by atoms with Gasteiger partial charge in [-0.1, -0.05) is 11.6 Å². The number of hydrogen-bond donors (Lipinski definition) is 2. The van der Waals surface area contributed by atoms with Crippen LogP contribution in [0.25, 0.3) is 0 Å². The van der Waals surface area contributed by atoms with Crippen LogP contribution in [0.1, 0.15) is 47.3 Å². The summed E-state index contributed by atoms with van der Waals surface area (Å²) in [4.78, 5) is 16.0. The van der Waals surface area contributed by atoms with Gasteiger partial charge in [-0.25, -0.2) is 0 Å². The Labute approximate surface area is 109 Å². The topological polar surface area (TPSA) is 96.7 Å². The molecule has 1 fully saturated rings. The van der Waals surface area contributed by atoms with Crippen LogP contribution in [0.5, 0.6) is 0 Å². The van der Waals surface area contributed by atoms with E-state index in [0.717, 1.165) is 18.7 Å². The summed E-state index contributed by atoms with van der Waals surface area (Å²) in [5.41, 5.74) is 0.517. The smallest absolute Gasteiger partial charge is 0.254 e. The Bertz CT molecular complexity index is 544. The highest BCUT2D eigenvalue weighted by Crippen LogP contribution is 2.35. The molecule has 3 rings (SSSR count). The van der Waals surface area contributed by atoms with Gasteiger partial charge in [-0.15, -0.1) is 0 Å². The van der Waals surface area contributed by atoms with Crippen LogP contribution in [-0.4, -0.2) is 32.8 Å². The molecule has 0 radical (unpaired) electrons. The first-order valence-corrected chi connectivity index (χ1v) is 6.42. The van der Waals surface area contributed by atoms with Crippen molar-refractivity contribution in [2.45, 2.75) is 31.6 Å². The van der Waals surface area contributed by atoms with Gasteiger partial charge in [0.2, 0.25) is 5.89 Å². The second kappa shape index (κ2) is 5.21. The number of amides is 1. The minimum atomic E-state index is -0.156. The zero-order chi connectivity index (χ0) is 13.1. The maximum absolute atomic E-state index is 11.6. The lowest BCUT2D eigenvalue weighted by Gasteiger charge is -2.20. The lowest BCUT2D eigenvalue weighted by Crippen LogP contribution is -2.25. The second-order valence-electron chi connectivity index (χ2n) is 4.67. The molecule has 0 spiro atoms. The highest BCUT2D eigenvalue weighted by Gasteiger charge is 2.25. The van der Waals surface area contributed by atoms with Crippen LogP contribution in [0.2, 0.25) is 0 Å². The number of aromatic nitrogens is 4. The van der Waals surface area contributed by atoms with Crippen molar-refractivity contribution in [2.24, 2.45) is 0 Å². The molecular weight excluding hydrogens is 246 g/mol. The van der Waals surface area contributed by atoms with E-state index in [4.69, 9.17) is 4.52 Å². The van der Waals surface area contributed by atoms with Gasteiger partial charge < -0.3 is 9.84 Å². The third kappa shape index (κ3) is 2.64. The molecule has 1 amide bonds. The predicted molar refractivity (Wildman–Crippen MR) is 65.5 cm³/mol. The zero-order valence-corrected chi connectivity index (χ0v) is 10.4. The summed E-state index contributed by atoms with van der Waals surface area (Å²) in [6.45, 7) is 0.480. The van der Waals surface area contributed by atoms with Crippen LogP contribution >= 0.6 is 0 Å². The first kappa shape index (κ1) is 11.9. The van der Waals surface area contributed by atoms with Gasteiger partial charge in [-0.05, 0) is 12.8 Å². The summed E-state index contributed by atoms with van der Waals surface area (Å²) < 4.78 is 5.21. The number of nitrogens with one attached hydrogen (secondary N) is 2. The molecule has 100 valence electrons. The molecule has 0 aromatic carbocycles. The molecule has 0 saturated heterocycles. The zero-order valence-electron chi connectivity index (χ0n) is 10.4. The van der Waals surface area contributed by atoms with Crippen molar-refractivity contribution >= 4 is 5.91 Å². The van der Waals surface area contributed by atoms with Crippen molar-refractivity contribution in [3.63, 3.8) is 0 Å². The first-order valence-electron chi connectivity index (χ1n) is 6.42. The van der Waals surface area contributed by atoms with E-state index < -0.39 is 0 Å². The number of aromatic amines is 1. The van der Waals surface area contributed by atoms with Gasteiger partial charge in [0.15, 0.2) is 5.82 Å². The minimum Gasteiger partial charge on any atom is -0.351 e. The third-order valence-corrected chi connectivity index (χ3v) is 3.33. The van der Waals surface area contributed by atoms with Crippen molar-refractivity contribution in [2.75, 3.05) is 6.54 Å². The predicted octanol–water partition coefficient (Wildman–Crippen LogP) is 1.03. The van der Waals surface area contributed by atoms with Crippen LogP contribution in [0, 0.1) is 0 Å². The fraction of sp³-hybridized carbons (Fsp3) is 0.500. The van der Waals surface area contributed by atoms with Crippen LogP contribution in [0.15, 0.2) is 16.9 Å². The molecule has 0 unspecified atom stereocenters. The lowest BCUT2D eigenvalue weighted by atomic mass is 9.85. The Kier molecular flexibility index (Phi) is 3.26. The van der Waals surface area contributed by atoms with Crippen molar-refractivity contribution < 1.29 is 9.32 Å². The standard InChI is InChI=1S/C12H15N5O2/c18-11(9-6-14-15-7-9)13-5-4-10-16-12(19-17-10)8-2-1-3-8/h6-8H,1-5H2,(H,13,18)(H,14,15). The monoisotopic (exact) mass is 261 g/mol. The molecule has 2 aromatic heterocycles. The summed E-state index contributed by atoms with van der Waals surface area (Å²) in [7, 11) is 0. The van der Waals surface area contributed by atoms with Crippen molar-refractivity contribution in [3.8, 4) is 0 Å². The van der Waals surface area contributed by atoms with E-state index in [9.17, 15) is 4.79 Å². The molecule has 2 aromatic rings. The van der Waals surface area contributed by atoms with Crippen molar-refractivity contribution in [3.05, 3.63) is 29.7 Å². The number of nitrogens with zero attached hydrogens (tertiary/aromatic N) is 3. The molecule has 1 aliphatic rings. The summed E-state index contributed by atoms with van der Waals surface area (Å²) in [6, 6.07) is 0. The van der Waals surface area contributed by atoms with Gasteiger partial charge in [0.05, 0.1) is 11.8 Å². The Morgan fingerprint density at radius 1 is 1.53 bits per heavy atom. The average molecular weight is 261 g/mol. The highest BCUT2D eigenvalue weighted by molar-refractivity contribution is 5.93. The van der Waals surface area contributed by atoms with E-state index in [-0.39, 0.29) is 5.91 Å². The van der Waals surface area contributed by atoms with Crippen LogP contribution in [0.3, 0.4) is 0 Å². The maximum Gasteiger partial charge on any atom is 0.254 e. The van der Waals surface area contributed by atoms with Gasteiger partial charge in [-0.3, -0.25) is 9.89 Å². The fourth-order valence-corrected chi connectivity index (χ4v) is 1.96. The highest BCUT2D eigenvalue weighted by atomic mass is 16.5. The van der Waals surface area contributed by atoms with E-state index in [2.05, 4.69) is 25.7 Å². The van der Waals surface area contributed by atoms with Crippen LogP contribution in [-0.2, 0) is 6.42 Å². The molecule has 2 N–H and O–H groups in total. The summed E-state index contributed by atoms with van der Waals surface area (Å²) in [5, 5.41) is 13.0. The molecule has 1 aliphatic carbocycles. The summed E-state index contributed by atoms with van der Waals surface area (Å²) >= 11 is 0. The minimum absolute atomic E-state index is 0.156. The molecule has 0 bridgehead atoms. The van der Waals surface area contributed by atoms with Gasteiger partial charge in [0, 0.05) is 25.1 Å². The lowest BCUT2D eigenvalue weighted by molar-refractivity contribution is 0.0954. The molecule has 7 nitrogen and oxygen atoms in total. The van der Waals surface area contributed by atoms with Crippen LogP contribution in [0.4, 0.5) is 0 Å². The molecule has 2 heterocycles. The SMILES string of the molecule is O=C(NCCc1noc(C2CCC2)n1)c1cn[nH]c1. The third-order valence-electron chi connectivity index (χ3n) is 3.33. The molecule has 0 atom stereocenters. The number of carbonyl (C=O) groups is 1. The van der Waals surface area contributed by atoms with E-state index in [1.54, 1.807) is 6.20 Å². The summed E-state index contributed by atoms with van der Waals surface area (Å²) in [6.07, 6.45) is 7.12. The fourth-order valence-electron chi connectivity index (χ4n) is 1.96. The quantitative estimate of drug-likeness (QED) is 0.838. The molecule has 7 heteroatoms. The summed E-state index contributed by atoms with van der Waals surface area (Å²) in [5.74, 6) is 1.68. The van der Waals surface area contributed by atoms with Crippen molar-refractivity contribution in [1.29, 1.82) is 0 Å². The first-order chi connectivity index (χ1) is 9.33. The molecule has 0 aliphatic heterocycles. The largest absolute Gasteiger partial charge is 0.351 e. The van der Waals surface area contributed by atoms with Gasteiger partial charge in [-0.2, -0.15) is 10.1 Å². The van der Waals surface area contributed by atoms with E-state index in [1.807, 2.05) is 0 Å². The van der Waals surface area contributed by atoms with Gasteiger partial charge in [0.1, 0.15) is 0 Å². The number of H-pyrrole nitrogens is 1.